The fourth-order valence-electron chi connectivity index (χ4n) is 11.2. The van der Waals surface area contributed by atoms with E-state index in [1.54, 1.807) is 0 Å². The van der Waals surface area contributed by atoms with Gasteiger partial charge in [-0.1, -0.05) is 109 Å². The summed E-state index contributed by atoms with van der Waals surface area (Å²) in [5, 5.41) is 15.2. The van der Waals surface area contributed by atoms with E-state index >= 15 is 0 Å². The van der Waals surface area contributed by atoms with E-state index in [1.807, 2.05) is 18.2 Å². The molecule has 3 aromatic heterocycles. The molecule has 5 heteroatoms. The second kappa shape index (κ2) is 13.1. The van der Waals surface area contributed by atoms with Crippen LogP contribution in [0.5, 0.6) is 0 Å². The van der Waals surface area contributed by atoms with Crippen molar-refractivity contribution in [3.8, 4) is 11.8 Å². The first kappa shape index (κ1) is 35.9. The number of furan rings is 2. The van der Waals surface area contributed by atoms with E-state index in [-0.39, 0.29) is 11.5 Å². The average Bonchev–Trinajstić information content (AvgIpc) is 4.06. The lowest BCUT2D eigenvalue weighted by atomic mass is 9.73. The Bertz CT molecular complexity index is 3700. The lowest BCUT2D eigenvalue weighted by molar-refractivity contribution is 0.424. The van der Waals surface area contributed by atoms with Gasteiger partial charge in [0.15, 0.2) is 0 Å². The molecule has 10 aromatic rings. The Morgan fingerprint density at radius 3 is 2.32 bits per heavy atom. The lowest BCUT2D eigenvalue weighted by Gasteiger charge is -2.34. The maximum absolute atomic E-state index is 9.57. The van der Waals surface area contributed by atoms with Gasteiger partial charge < -0.3 is 18.3 Å². The highest BCUT2D eigenvalue weighted by molar-refractivity contribution is 6.11. The quantitative estimate of drug-likeness (QED) is 0.174. The Kier molecular flexibility index (Phi) is 7.46. The van der Waals surface area contributed by atoms with Crippen molar-refractivity contribution in [2.45, 2.75) is 43.6 Å². The lowest BCUT2D eigenvalue weighted by Crippen LogP contribution is -2.39. The Morgan fingerprint density at radius 2 is 1.41 bits per heavy atom. The minimum absolute atomic E-state index is 0.0865. The number of nitrogens with zero attached hydrogens (tertiary/aromatic N) is 3. The van der Waals surface area contributed by atoms with Gasteiger partial charge in [-0.15, -0.1) is 0 Å². The summed E-state index contributed by atoms with van der Waals surface area (Å²) in [5.41, 5.74) is 14.7. The summed E-state index contributed by atoms with van der Waals surface area (Å²) >= 11 is 0. The number of nitriles is 1. The SMILES string of the molecule is CC1(c2cccc3c2oc2ccc(C#N)cc23)CC=Cc2c1oc1ccc(Cc3ccc(-n4c5ccccc5c5cc(N6c7ccccc7C7(C)C=CC=CC67)ccc54)cc3)cc21. The van der Waals surface area contributed by atoms with Crippen molar-refractivity contribution in [1.82, 2.24) is 4.57 Å². The molecule has 0 bridgehead atoms. The fourth-order valence-corrected chi connectivity index (χ4v) is 11.2. The number of allylic oxidation sites excluding steroid dienone is 3. The van der Waals surface area contributed by atoms with Gasteiger partial charge in [0, 0.05) is 60.5 Å². The summed E-state index contributed by atoms with van der Waals surface area (Å²) in [6, 6.07) is 54.8. The summed E-state index contributed by atoms with van der Waals surface area (Å²) in [6.07, 6.45) is 15.2. The van der Waals surface area contributed by atoms with Gasteiger partial charge in [-0.3, -0.25) is 0 Å². The topological polar surface area (TPSA) is 58.2 Å². The van der Waals surface area contributed by atoms with Crippen LogP contribution in [0.15, 0.2) is 185 Å². The van der Waals surface area contributed by atoms with Gasteiger partial charge in [0.2, 0.25) is 0 Å². The zero-order valence-corrected chi connectivity index (χ0v) is 35.0. The third kappa shape index (κ3) is 5.10. The minimum atomic E-state index is -0.440. The molecule has 0 amide bonds. The van der Waals surface area contributed by atoms with E-state index in [0.29, 0.717) is 5.56 Å². The maximum atomic E-state index is 9.57. The predicted octanol–water partition coefficient (Wildman–Crippen LogP) is 14.5. The molecular formula is C58H41N3O2. The maximum Gasteiger partial charge on any atom is 0.139 e. The summed E-state index contributed by atoms with van der Waals surface area (Å²) in [6.45, 7) is 4.62. The van der Waals surface area contributed by atoms with Crippen LogP contribution in [0.2, 0.25) is 0 Å². The fraction of sp³-hybridized carbons (Fsp3) is 0.121. The van der Waals surface area contributed by atoms with Crippen LogP contribution in [0.1, 0.15) is 59.4 Å². The molecular weight excluding hydrogens is 771 g/mol. The summed E-state index contributed by atoms with van der Waals surface area (Å²) < 4.78 is 15.7. The first-order valence-electron chi connectivity index (χ1n) is 21.9. The van der Waals surface area contributed by atoms with Crippen molar-refractivity contribution in [2.75, 3.05) is 4.90 Å². The van der Waals surface area contributed by atoms with Crippen LogP contribution in [0.3, 0.4) is 0 Å². The molecule has 0 radical (unpaired) electrons. The Labute approximate surface area is 364 Å². The molecule has 4 heterocycles. The molecule has 3 aliphatic rings. The largest absolute Gasteiger partial charge is 0.459 e. The van der Waals surface area contributed by atoms with Crippen molar-refractivity contribution in [1.29, 1.82) is 5.26 Å². The number of hydrogen-bond acceptors (Lipinski definition) is 4. The van der Waals surface area contributed by atoms with Gasteiger partial charge in [0.1, 0.15) is 22.5 Å². The van der Waals surface area contributed by atoms with Gasteiger partial charge in [-0.2, -0.15) is 5.26 Å². The molecule has 0 fully saturated rings. The second-order valence-electron chi connectivity index (χ2n) is 18.0. The molecule has 0 N–H and O–H groups in total. The molecule has 3 atom stereocenters. The molecule has 13 rings (SSSR count). The Morgan fingerprint density at radius 1 is 0.651 bits per heavy atom. The van der Waals surface area contributed by atoms with Crippen molar-refractivity contribution in [3.63, 3.8) is 0 Å². The van der Waals surface area contributed by atoms with E-state index < -0.39 is 5.41 Å². The molecule has 0 spiro atoms. The first-order valence-corrected chi connectivity index (χ1v) is 21.9. The zero-order valence-electron chi connectivity index (χ0n) is 35.0. The van der Waals surface area contributed by atoms with Crippen molar-refractivity contribution >= 4 is 72.2 Å². The molecule has 5 nitrogen and oxygen atoms in total. The average molecular weight is 812 g/mol. The highest BCUT2D eigenvalue weighted by Gasteiger charge is 2.46. The van der Waals surface area contributed by atoms with E-state index in [4.69, 9.17) is 8.83 Å². The van der Waals surface area contributed by atoms with Gasteiger partial charge in [0.25, 0.3) is 0 Å². The van der Waals surface area contributed by atoms with E-state index in [0.717, 1.165) is 68.3 Å². The number of para-hydroxylation sites is 3. The van der Waals surface area contributed by atoms with Crippen LogP contribution in [-0.2, 0) is 17.3 Å². The standard InChI is InChI=1S/C58H41N3O2/c1-57-29-8-7-18-54(57)61(51-17-6-4-14-47(51)57)40-25-26-50-44(34-40)41-11-3-5-16-49(41)60(50)39-23-19-36(20-24-39)31-37-21-27-53-46(32-37)43-13-10-30-58(2,56(43)63-53)48-15-9-12-42-45-33-38(35-59)22-28-52(45)62-55(42)48/h3-29,32-34,54H,30-31H2,1-2H3. The minimum Gasteiger partial charge on any atom is -0.459 e. The van der Waals surface area contributed by atoms with Crippen LogP contribution >= 0.6 is 0 Å². The summed E-state index contributed by atoms with van der Waals surface area (Å²) in [5.74, 6) is 0.956. The van der Waals surface area contributed by atoms with E-state index in [9.17, 15) is 5.26 Å². The number of anilines is 2. The van der Waals surface area contributed by atoms with Crippen molar-refractivity contribution < 1.29 is 8.83 Å². The number of aromatic nitrogens is 1. The smallest absolute Gasteiger partial charge is 0.139 e. The number of benzene rings is 7. The number of hydrogen-bond donors (Lipinski definition) is 0. The molecule has 300 valence electrons. The molecule has 63 heavy (non-hydrogen) atoms. The van der Waals surface area contributed by atoms with Gasteiger partial charge in [-0.25, -0.2) is 0 Å². The summed E-state index contributed by atoms with van der Waals surface area (Å²) in [7, 11) is 0. The van der Waals surface area contributed by atoms with Gasteiger partial charge >= 0.3 is 0 Å². The number of rotatable bonds is 5. The zero-order chi connectivity index (χ0) is 42.0. The third-order valence-corrected chi connectivity index (χ3v) is 14.3. The first-order chi connectivity index (χ1) is 30.9. The van der Waals surface area contributed by atoms with Crippen LogP contribution in [0, 0.1) is 11.3 Å². The van der Waals surface area contributed by atoms with E-state index in [2.05, 4.69) is 193 Å². The van der Waals surface area contributed by atoms with Gasteiger partial charge in [0.05, 0.1) is 34.1 Å². The molecule has 0 saturated carbocycles. The highest BCUT2D eigenvalue weighted by atomic mass is 16.3. The van der Waals surface area contributed by atoms with Crippen LogP contribution < -0.4 is 4.90 Å². The van der Waals surface area contributed by atoms with E-state index in [1.165, 1.54) is 49.9 Å². The Balaban J connectivity index is 0.831. The molecule has 3 unspecified atom stereocenters. The molecule has 1 aliphatic heterocycles. The molecule has 7 aromatic carbocycles. The summed E-state index contributed by atoms with van der Waals surface area (Å²) in [4.78, 5) is 2.53. The normalized spacial score (nSPS) is 20.0. The van der Waals surface area contributed by atoms with Gasteiger partial charge in [-0.05, 0) is 116 Å². The molecule has 0 saturated heterocycles. The Hall–Kier alpha value is -7.81. The third-order valence-electron chi connectivity index (χ3n) is 14.3. The van der Waals surface area contributed by atoms with Crippen molar-refractivity contribution in [2.24, 2.45) is 0 Å². The second-order valence-corrected chi connectivity index (χ2v) is 18.0. The van der Waals surface area contributed by atoms with Crippen LogP contribution in [-0.4, -0.2) is 10.6 Å². The van der Waals surface area contributed by atoms with Crippen molar-refractivity contribution in [3.05, 3.63) is 215 Å². The number of fused-ring (bicyclic) bond motifs is 12. The monoisotopic (exact) mass is 811 g/mol. The van der Waals surface area contributed by atoms with Crippen LogP contribution in [0.4, 0.5) is 11.4 Å². The predicted molar refractivity (Wildman–Crippen MR) is 256 cm³/mol. The molecule has 2 aliphatic carbocycles. The highest BCUT2D eigenvalue weighted by Crippen LogP contribution is 2.52. The van der Waals surface area contributed by atoms with Crippen LogP contribution in [0.25, 0.3) is 66.5 Å².